The van der Waals surface area contributed by atoms with Crippen molar-refractivity contribution in [3.05, 3.63) is 0 Å². The van der Waals surface area contributed by atoms with Crippen molar-refractivity contribution in [1.82, 2.24) is 5.32 Å². The van der Waals surface area contributed by atoms with Crippen molar-refractivity contribution >= 4 is 0 Å². The van der Waals surface area contributed by atoms with E-state index in [0.717, 1.165) is 32.5 Å². The zero-order valence-corrected chi connectivity index (χ0v) is 11.6. The summed E-state index contributed by atoms with van der Waals surface area (Å²) in [6, 6.07) is 0. The third-order valence-electron chi connectivity index (χ3n) is 2.86. The molecule has 0 heterocycles. The molecule has 0 aromatic carbocycles. The zero-order valence-electron chi connectivity index (χ0n) is 11.6. The maximum Gasteiger partial charge on any atom is 0.0696 e. The van der Waals surface area contributed by atoms with Crippen LogP contribution in [0.3, 0.4) is 0 Å². The van der Waals surface area contributed by atoms with Crippen LogP contribution in [0.5, 0.6) is 0 Å². The molecule has 1 unspecified atom stereocenters. The maximum absolute atomic E-state index is 5.83. The lowest BCUT2D eigenvalue weighted by atomic mass is 10.1. The fourth-order valence-electron chi connectivity index (χ4n) is 1.33. The molecule has 3 heteroatoms. The number of hydrogen-bond donors (Lipinski definition) is 1. The first-order chi connectivity index (χ1) is 7.55. The van der Waals surface area contributed by atoms with E-state index < -0.39 is 0 Å². The van der Waals surface area contributed by atoms with Crippen LogP contribution in [-0.4, -0.2) is 38.5 Å². The molecular weight excluding hydrogens is 202 g/mol. The van der Waals surface area contributed by atoms with Gasteiger partial charge in [0.2, 0.25) is 0 Å². The van der Waals surface area contributed by atoms with E-state index in [9.17, 15) is 0 Å². The number of methoxy groups -OCH3 is 1. The monoisotopic (exact) mass is 231 g/mol. The Labute approximate surface area is 101 Å². The Hall–Kier alpha value is -0.120. The molecule has 0 aromatic heterocycles. The molecule has 98 valence electrons. The Bertz CT molecular complexity index is 160. The molecule has 0 saturated heterocycles. The van der Waals surface area contributed by atoms with Crippen molar-refractivity contribution in [2.45, 2.75) is 58.7 Å². The van der Waals surface area contributed by atoms with Crippen molar-refractivity contribution < 1.29 is 9.47 Å². The molecule has 0 aliphatic rings. The Morgan fingerprint density at radius 2 is 1.94 bits per heavy atom. The summed E-state index contributed by atoms with van der Waals surface area (Å²) < 4.78 is 11.2. The van der Waals surface area contributed by atoms with Crippen molar-refractivity contribution in [2.24, 2.45) is 0 Å². The molecule has 0 aliphatic heterocycles. The first kappa shape index (κ1) is 15.9. The second-order valence-electron chi connectivity index (χ2n) is 4.82. The largest absolute Gasteiger partial charge is 0.379 e. The first-order valence-electron chi connectivity index (χ1n) is 6.43. The van der Waals surface area contributed by atoms with E-state index >= 15 is 0 Å². The van der Waals surface area contributed by atoms with Crippen molar-refractivity contribution in [2.75, 3.05) is 26.8 Å². The Morgan fingerprint density at radius 3 is 2.44 bits per heavy atom. The second-order valence-corrected chi connectivity index (χ2v) is 4.82. The van der Waals surface area contributed by atoms with Crippen molar-refractivity contribution in [1.29, 1.82) is 0 Å². The summed E-state index contributed by atoms with van der Waals surface area (Å²) in [5, 5.41) is 3.39. The number of hydrogen-bond acceptors (Lipinski definition) is 3. The third kappa shape index (κ3) is 8.08. The lowest BCUT2D eigenvalue weighted by molar-refractivity contribution is -0.0270. The predicted molar refractivity (Wildman–Crippen MR) is 68.9 cm³/mol. The summed E-state index contributed by atoms with van der Waals surface area (Å²) >= 11 is 0. The minimum absolute atomic E-state index is 0.0743. The summed E-state index contributed by atoms with van der Waals surface area (Å²) in [6.07, 6.45) is 3.50. The van der Waals surface area contributed by atoms with Crippen LogP contribution in [0, 0.1) is 0 Å². The van der Waals surface area contributed by atoms with Gasteiger partial charge in [-0.1, -0.05) is 13.8 Å². The van der Waals surface area contributed by atoms with Crippen LogP contribution in [-0.2, 0) is 9.47 Å². The quantitative estimate of drug-likeness (QED) is 0.586. The van der Waals surface area contributed by atoms with Gasteiger partial charge in [-0.05, 0) is 39.7 Å². The zero-order chi connectivity index (χ0) is 12.4. The lowest BCUT2D eigenvalue weighted by Gasteiger charge is -2.24. The minimum Gasteiger partial charge on any atom is -0.379 e. The first-order valence-corrected chi connectivity index (χ1v) is 6.43. The molecule has 1 N–H and O–H groups in total. The summed E-state index contributed by atoms with van der Waals surface area (Å²) in [4.78, 5) is 0. The van der Waals surface area contributed by atoms with E-state index in [4.69, 9.17) is 9.47 Å². The van der Waals surface area contributed by atoms with Gasteiger partial charge in [-0.3, -0.25) is 0 Å². The third-order valence-corrected chi connectivity index (χ3v) is 2.86. The van der Waals surface area contributed by atoms with Gasteiger partial charge in [-0.15, -0.1) is 0 Å². The van der Waals surface area contributed by atoms with Crippen molar-refractivity contribution in [3.8, 4) is 0 Å². The van der Waals surface area contributed by atoms with Crippen LogP contribution in [0.1, 0.15) is 47.0 Å². The molecule has 0 amide bonds. The maximum atomic E-state index is 5.83. The van der Waals surface area contributed by atoms with Gasteiger partial charge in [0.25, 0.3) is 0 Å². The Balaban J connectivity index is 3.62. The van der Waals surface area contributed by atoms with Crippen LogP contribution in [0.25, 0.3) is 0 Å². The normalized spacial score (nSPS) is 14.1. The van der Waals surface area contributed by atoms with Gasteiger partial charge in [0.15, 0.2) is 0 Å². The highest BCUT2D eigenvalue weighted by Gasteiger charge is 2.16. The molecular formula is C13H29NO2. The van der Waals surface area contributed by atoms with Crippen LogP contribution in [0.4, 0.5) is 0 Å². The van der Waals surface area contributed by atoms with Crippen LogP contribution in [0.15, 0.2) is 0 Å². The molecule has 16 heavy (non-hydrogen) atoms. The van der Waals surface area contributed by atoms with E-state index in [1.165, 1.54) is 6.42 Å². The SMILES string of the molecule is CCCNCC(CC)OCCC(C)(C)OC. The highest BCUT2D eigenvalue weighted by Crippen LogP contribution is 2.13. The fraction of sp³-hybridized carbons (Fsp3) is 1.00. The number of rotatable bonds is 10. The smallest absolute Gasteiger partial charge is 0.0696 e. The van der Waals surface area contributed by atoms with Crippen LogP contribution < -0.4 is 5.32 Å². The summed E-state index contributed by atoms with van der Waals surface area (Å²) in [5.41, 5.74) is -0.0743. The topological polar surface area (TPSA) is 30.5 Å². The molecule has 0 aromatic rings. The predicted octanol–water partition coefficient (Wildman–Crippen LogP) is 2.60. The average molecular weight is 231 g/mol. The standard InChI is InChI=1S/C13H29NO2/c1-6-9-14-11-12(7-2)16-10-8-13(3,4)15-5/h12,14H,6-11H2,1-5H3. The Kier molecular flexibility index (Phi) is 8.90. The summed E-state index contributed by atoms with van der Waals surface area (Å²) in [7, 11) is 1.75. The van der Waals surface area contributed by atoms with E-state index in [2.05, 4.69) is 33.0 Å². The molecule has 0 rings (SSSR count). The van der Waals surface area contributed by atoms with Gasteiger partial charge in [0, 0.05) is 20.3 Å². The van der Waals surface area contributed by atoms with Gasteiger partial charge < -0.3 is 14.8 Å². The van der Waals surface area contributed by atoms with Gasteiger partial charge in [-0.2, -0.15) is 0 Å². The molecule has 0 fully saturated rings. The number of ether oxygens (including phenoxy) is 2. The lowest BCUT2D eigenvalue weighted by Crippen LogP contribution is -2.31. The highest BCUT2D eigenvalue weighted by molar-refractivity contribution is 4.68. The molecule has 1 atom stereocenters. The van der Waals surface area contributed by atoms with Gasteiger partial charge >= 0.3 is 0 Å². The summed E-state index contributed by atoms with van der Waals surface area (Å²) in [6.45, 7) is 11.3. The van der Waals surface area contributed by atoms with E-state index in [1.54, 1.807) is 7.11 Å². The minimum atomic E-state index is -0.0743. The summed E-state index contributed by atoms with van der Waals surface area (Å²) in [5.74, 6) is 0. The van der Waals surface area contributed by atoms with E-state index in [-0.39, 0.29) is 5.60 Å². The average Bonchev–Trinajstić information content (AvgIpc) is 2.27. The Morgan fingerprint density at radius 1 is 1.25 bits per heavy atom. The van der Waals surface area contributed by atoms with Gasteiger partial charge in [-0.25, -0.2) is 0 Å². The van der Waals surface area contributed by atoms with Crippen LogP contribution in [0.2, 0.25) is 0 Å². The van der Waals surface area contributed by atoms with Gasteiger partial charge in [0.1, 0.15) is 0 Å². The van der Waals surface area contributed by atoms with E-state index in [0.29, 0.717) is 6.10 Å². The molecule has 0 spiro atoms. The molecule has 0 bridgehead atoms. The molecule has 3 nitrogen and oxygen atoms in total. The molecule has 0 saturated carbocycles. The highest BCUT2D eigenvalue weighted by atomic mass is 16.5. The molecule has 0 radical (unpaired) electrons. The fourth-order valence-corrected chi connectivity index (χ4v) is 1.33. The van der Waals surface area contributed by atoms with Crippen molar-refractivity contribution in [3.63, 3.8) is 0 Å². The second kappa shape index (κ2) is 8.97. The van der Waals surface area contributed by atoms with E-state index in [1.807, 2.05) is 0 Å². The van der Waals surface area contributed by atoms with Gasteiger partial charge in [0.05, 0.1) is 11.7 Å². The molecule has 0 aliphatic carbocycles. The number of nitrogens with one attached hydrogen (secondary N) is 1. The van der Waals surface area contributed by atoms with Crippen LogP contribution >= 0.6 is 0 Å².